The average Bonchev–Trinajstić information content (AvgIpc) is 2.94. The molecule has 0 aliphatic carbocycles. The monoisotopic (exact) mass is 403 g/mol. The van der Waals surface area contributed by atoms with E-state index in [0.717, 1.165) is 0 Å². The van der Waals surface area contributed by atoms with Crippen LogP contribution in [0.3, 0.4) is 0 Å². The van der Waals surface area contributed by atoms with Gasteiger partial charge in [0, 0.05) is 24.0 Å². The highest BCUT2D eigenvalue weighted by Crippen LogP contribution is 2.31. The molecule has 0 radical (unpaired) electrons. The van der Waals surface area contributed by atoms with E-state index in [2.05, 4.69) is 4.98 Å². The van der Waals surface area contributed by atoms with Gasteiger partial charge in [-0.3, -0.25) is 9.35 Å². The number of rotatable bonds is 5. The number of amides is 1. The molecule has 1 saturated heterocycles. The van der Waals surface area contributed by atoms with E-state index in [9.17, 15) is 21.6 Å². The number of aromatic nitrogens is 1. The molecule has 2 heterocycles. The number of nitrogens with zero attached hydrogens (tertiary/aromatic N) is 1. The molecule has 1 aliphatic rings. The summed E-state index contributed by atoms with van der Waals surface area (Å²) in [5.41, 5.74) is 5.53. The molecule has 142 valence electrons. The van der Waals surface area contributed by atoms with Gasteiger partial charge in [0.2, 0.25) is 10.0 Å². The molecule has 4 N–H and O–H groups in total. The van der Waals surface area contributed by atoms with Gasteiger partial charge in [-0.25, -0.2) is 8.42 Å². The van der Waals surface area contributed by atoms with Crippen LogP contribution in [0.2, 0.25) is 0 Å². The van der Waals surface area contributed by atoms with Gasteiger partial charge in [-0.2, -0.15) is 12.7 Å². The highest BCUT2D eigenvalue weighted by molar-refractivity contribution is 7.89. The standard InChI is InChI=1S/C14H17N3O7S2/c15-14(18)12-13(26(22,23)17-3-5-24-6-4-17)10-7-9(8-25(19,20)21)1-2-11(10)16-12/h1-2,7,16H,3-6,8H2,(H2,15,18)(H,19,20,21). The fraction of sp³-hybridized carbons (Fsp3) is 0.357. The first-order chi connectivity index (χ1) is 12.1. The normalized spacial score (nSPS) is 16.8. The van der Waals surface area contributed by atoms with Gasteiger partial charge in [0.05, 0.1) is 13.2 Å². The van der Waals surface area contributed by atoms with Crippen molar-refractivity contribution >= 4 is 37.0 Å². The number of benzene rings is 1. The topological polar surface area (TPSA) is 160 Å². The summed E-state index contributed by atoms with van der Waals surface area (Å²) < 4.78 is 63.7. The van der Waals surface area contributed by atoms with Crippen molar-refractivity contribution in [1.82, 2.24) is 9.29 Å². The van der Waals surface area contributed by atoms with Crippen LogP contribution in [-0.2, 0) is 30.6 Å². The molecule has 3 rings (SSSR count). The molecule has 1 aliphatic heterocycles. The van der Waals surface area contributed by atoms with Crippen LogP contribution < -0.4 is 5.73 Å². The molecule has 2 aromatic rings. The molecule has 0 spiro atoms. The fourth-order valence-corrected chi connectivity index (χ4v) is 5.22. The van der Waals surface area contributed by atoms with E-state index in [0.29, 0.717) is 5.52 Å². The zero-order chi connectivity index (χ0) is 19.1. The SMILES string of the molecule is NC(=O)c1[nH]c2ccc(CS(=O)(=O)O)cc2c1S(=O)(=O)N1CCOCC1. The minimum atomic E-state index is -4.30. The molecule has 0 atom stereocenters. The summed E-state index contributed by atoms with van der Waals surface area (Å²) >= 11 is 0. The lowest BCUT2D eigenvalue weighted by Gasteiger charge is -2.26. The van der Waals surface area contributed by atoms with Crippen molar-refractivity contribution in [3.63, 3.8) is 0 Å². The van der Waals surface area contributed by atoms with Crippen LogP contribution in [0.15, 0.2) is 23.1 Å². The Labute approximate surface area is 149 Å². The zero-order valence-electron chi connectivity index (χ0n) is 13.5. The first kappa shape index (κ1) is 18.8. The Kier molecular flexibility index (Phi) is 4.79. The van der Waals surface area contributed by atoms with Crippen molar-refractivity contribution in [2.45, 2.75) is 10.6 Å². The van der Waals surface area contributed by atoms with E-state index < -0.39 is 31.8 Å². The van der Waals surface area contributed by atoms with Crippen LogP contribution in [0.4, 0.5) is 0 Å². The number of carbonyl (C=O) groups excluding carboxylic acids is 1. The summed E-state index contributed by atoms with van der Waals surface area (Å²) in [6, 6.07) is 4.14. The lowest BCUT2D eigenvalue weighted by Crippen LogP contribution is -2.41. The number of fused-ring (bicyclic) bond motifs is 1. The van der Waals surface area contributed by atoms with Crippen LogP contribution in [0.5, 0.6) is 0 Å². The maximum atomic E-state index is 13.1. The molecule has 0 bridgehead atoms. The summed E-state index contributed by atoms with van der Waals surface area (Å²) in [6.07, 6.45) is 0. The van der Waals surface area contributed by atoms with Crippen molar-refractivity contribution in [3.05, 3.63) is 29.5 Å². The average molecular weight is 403 g/mol. The highest BCUT2D eigenvalue weighted by atomic mass is 32.2. The Morgan fingerprint density at radius 1 is 1.23 bits per heavy atom. The van der Waals surface area contributed by atoms with Crippen LogP contribution in [0.25, 0.3) is 10.9 Å². The number of carbonyl (C=O) groups is 1. The Bertz CT molecular complexity index is 1070. The minimum Gasteiger partial charge on any atom is -0.379 e. The number of hydrogen-bond donors (Lipinski definition) is 3. The van der Waals surface area contributed by atoms with Gasteiger partial charge >= 0.3 is 0 Å². The molecule has 0 saturated carbocycles. The Hall–Kier alpha value is -1.99. The summed E-state index contributed by atoms with van der Waals surface area (Å²) in [6.45, 7) is 0.693. The number of primary amides is 1. The number of nitrogens with one attached hydrogen (secondary N) is 1. The Morgan fingerprint density at radius 3 is 2.46 bits per heavy atom. The lowest BCUT2D eigenvalue weighted by molar-refractivity contribution is 0.0730. The van der Waals surface area contributed by atoms with Gasteiger partial charge in [0.1, 0.15) is 16.3 Å². The van der Waals surface area contributed by atoms with E-state index >= 15 is 0 Å². The van der Waals surface area contributed by atoms with Gasteiger partial charge in [-0.15, -0.1) is 0 Å². The molecule has 10 nitrogen and oxygen atoms in total. The van der Waals surface area contributed by atoms with Crippen molar-refractivity contribution in [2.75, 3.05) is 26.3 Å². The van der Waals surface area contributed by atoms with Crippen LogP contribution in [0, 0.1) is 0 Å². The van der Waals surface area contributed by atoms with Gasteiger partial charge in [0.15, 0.2) is 0 Å². The molecule has 1 aromatic carbocycles. The number of nitrogens with two attached hydrogens (primary N) is 1. The van der Waals surface area contributed by atoms with E-state index in [4.69, 9.17) is 15.0 Å². The minimum absolute atomic E-state index is 0.123. The predicted octanol–water partition coefficient (Wildman–Crippen LogP) is -0.324. The van der Waals surface area contributed by atoms with Crippen molar-refractivity contribution in [2.24, 2.45) is 5.73 Å². The molecule has 12 heteroatoms. The predicted molar refractivity (Wildman–Crippen MR) is 91.6 cm³/mol. The van der Waals surface area contributed by atoms with E-state index in [-0.39, 0.29) is 47.8 Å². The molecule has 1 fully saturated rings. The number of H-pyrrole nitrogens is 1. The van der Waals surface area contributed by atoms with Crippen molar-refractivity contribution < 1.29 is 30.9 Å². The van der Waals surface area contributed by atoms with Gasteiger partial charge in [0.25, 0.3) is 16.0 Å². The van der Waals surface area contributed by atoms with Crippen molar-refractivity contribution in [1.29, 1.82) is 0 Å². The van der Waals surface area contributed by atoms with E-state index in [1.165, 1.54) is 22.5 Å². The van der Waals surface area contributed by atoms with Crippen LogP contribution in [-0.4, -0.2) is 62.9 Å². The Morgan fingerprint density at radius 2 is 1.88 bits per heavy atom. The molecular formula is C14H17N3O7S2. The van der Waals surface area contributed by atoms with Crippen LogP contribution >= 0.6 is 0 Å². The van der Waals surface area contributed by atoms with Crippen LogP contribution in [0.1, 0.15) is 16.1 Å². The molecule has 1 amide bonds. The number of hydrogen-bond acceptors (Lipinski definition) is 6. The smallest absolute Gasteiger partial charge is 0.269 e. The maximum absolute atomic E-state index is 13.1. The second-order valence-corrected chi connectivity index (χ2v) is 9.14. The summed E-state index contributed by atoms with van der Waals surface area (Å²) in [5.74, 6) is -1.64. The second kappa shape index (κ2) is 6.63. The van der Waals surface area contributed by atoms with Gasteiger partial charge in [-0.1, -0.05) is 6.07 Å². The highest BCUT2D eigenvalue weighted by Gasteiger charge is 2.33. The Balaban J connectivity index is 2.22. The quantitative estimate of drug-likeness (QED) is 0.576. The van der Waals surface area contributed by atoms with Gasteiger partial charge < -0.3 is 15.5 Å². The van der Waals surface area contributed by atoms with Crippen molar-refractivity contribution in [3.8, 4) is 0 Å². The first-order valence-corrected chi connectivity index (χ1v) is 10.6. The molecule has 1 aromatic heterocycles. The largest absolute Gasteiger partial charge is 0.379 e. The number of ether oxygens (including phenoxy) is 1. The number of aromatic amines is 1. The lowest BCUT2D eigenvalue weighted by atomic mass is 10.2. The summed E-state index contributed by atoms with van der Waals surface area (Å²) in [4.78, 5) is 14.2. The number of morpholine rings is 1. The van der Waals surface area contributed by atoms with Gasteiger partial charge in [-0.05, 0) is 17.7 Å². The summed E-state index contributed by atoms with van der Waals surface area (Å²) in [5, 5.41) is 0.131. The first-order valence-electron chi connectivity index (χ1n) is 7.57. The second-order valence-electron chi connectivity index (χ2n) is 5.82. The third kappa shape index (κ3) is 3.59. The third-order valence-corrected chi connectivity index (χ3v) is 6.66. The third-order valence-electron chi connectivity index (χ3n) is 3.98. The zero-order valence-corrected chi connectivity index (χ0v) is 15.1. The van der Waals surface area contributed by atoms with E-state index in [1.54, 1.807) is 0 Å². The number of sulfonamides is 1. The fourth-order valence-electron chi connectivity index (χ4n) is 2.87. The summed E-state index contributed by atoms with van der Waals surface area (Å²) in [7, 11) is -8.37. The molecular weight excluding hydrogens is 386 g/mol. The molecule has 0 unspecified atom stereocenters. The maximum Gasteiger partial charge on any atom is 0.269 e. The van der Waals surface area contributed by atoms with E-state index in [1.807, 2.05) is 0 Å². The molecule has 26 heavy (non-hydrogen) atoms.